The number of likely N-dealkylation sites (N-methyl/N-ethyl adjacent to an activating group) is 1. The van der Waals surface area contributed by atoms with Gasteiger partial charge in [0.2, 0.25) is 5.91 Å². The Morgan fingerprint density at radius 1 is 1.52 bits per heavy atom. The van der Waals surface area contributed by atoms with Gasteiger partial charge >= 0.3 is 0 Å². The van der Waals surface area contributed by atoms with Crippen LogP contribution in [0.1, 0.15) is 17.5 Å². The highest BCUT2D eigenvalue weighted by atomic mass is 79.9. The summed E-state index contributed by atoms with van der Waals surface area (Å²) in [5, 5.41) is 4.97. The number of rotatable bonds is 3. The van der Waals surface area contributed by atoms with Crippen molar-refractivity contribution < 1.29 is 17.6 Å². The van der Waals surface area contributed by atoms with E-state index < -0.39 is 34.0 Å². The SMILES string of the molecule is CN1[C@@H](C(=O)Nc2ccc(F)c(Br)c2)C[C@@H](c2nccs2)NS1(=O)=O. The van der Waals surface area contributed by atoms with E-state index in [1.54, 1.807) is 11.6 Å². The highest BCUT2D eigenvalue weighted by molar-refractivity contribution is 9.10. The van der Waals surface area contributed by atoms with Crippen molar-refractivity contribution in [2.24, 2.45) is 0 Å². The molecule has 0 spiro atoms. The molecule has 0 saturated carbocycles. The maximum Gasteiger partial charge on any atom is 0.280 e. The third-order valence-electron chi connectivity index (χ3n) is 3.81. The molecule has 1 aromatic carbocycles. The van der Waals surface area contributed by atoms with Crippen molar-refractivity contribution in [3.63, 3.8) is 0 Å². The second-order valence-corrected chi connectivity index (χ2v) is 8.97. The summed E-state index contributed by atoms with van der Waals surface area (Å²) >= 11 is 4.36. The Kier molecular flexibility index (Phi) is 5.21. The van der Waals surface area contributed by atoms with Crippen LogP contribution in [0.5, 0.6) is 0 Å². The summed E-state index contributed by atoms with van der Waals surface area (Å²) in [4.78, 5) is 16.7. The van der Waals surface area contributed by atoms with E-state index in [9.17, 15) is 17.6 Å². The van der Waals surface area contributed by atoms with Crippen molar-refractivity contribution in [3.8, 4) is 0 Å². The second kappa shape index (κ2) is 7.08. The summed E-state index contributed by atoms with van der Waals surface area (Å²) in [6.45, 7) is 0. The molecule has 1 aromatic heterocycles. The topological polar surface area (TPSA) is 91.4 Å². The van der Waals surface area contributed by atoms with Crippen LogP contribution in [0.2, 0.25) is 0 Å². The van der Waals surface area contributed by atoms with E-state index in [1.807, 2.05) is 0 Å². The fourth-order valence-corrected chi connectivity index (χ4v) is 4.89. The summed E-state index contributed by atoms with van der Waals surface area (Å²) in [7, 11) is -2.48. The number of aromatic nitrogens is 1. The Balaban J connectivity index is 1.83. The molecule has 1 fully saturated rings. The van der Waals surface area contributed by atoms with Gasteiger partial charge < -0.3 is 5.32 Å². The number of anilines is 1. The minimum absolute atomic E-state index is 0.206. The smallest absolute Gasteiger partial charge is 0.280 e. The molecule has 2 N–H and O–H groups in total. The molecule has 1 amide bonds. The Morgan fingerprint density at radius 2 is 2.28 bits per heavy atom. The first-order valence-electron chi connectivity index (χ1n) is 7.18. The van der Waals surface area contributed by atoms with Crippen molar-refractivity contribution >= 4 is 49.1 Å². The average Bonchev–Trinajstić information content (AvgIpc) is 3.07. The minimum atomic E-state index is -3.82. The lowest BCUT2D eigenvalue weighted by Gasteiger charge is -2.35. The zero-order chi connectivity index (χ0) is 18.2. The zero-order valence-electron chi connectivity index (χ0n) is 12.9. The van der Waals surface area contributed by atoms with Crippen LogP contribution in [0.3, 0.4) is 0 Å². The molecule has 3 rings (SSSR count). The molecule has 0 aliphatic carbocycles. The summed E-state index contributed by atoms with van der Waals surface area (Å²) < 4.78 is 41.6. The van der Waals surface area contributed by atoms with E-state index in [1.165, 1.54) is 36.6 Å². The highest BCUT2D eigenvalue weighted by Gasteiger charge is 2.41. The molecular formula is C14H14BrFN4O3S2. The monoisotopic (exact) mass is 448 g/mol. The van der Waals surface area contributed by atoms with Gasteiger partial charge in [-0.15, -0.1) is 11.3 Å². The first-order valence-corrected chi connectivity index (χ1v) is 10.3. The summed E-state index contributed by atoms with van der Waals surface area (Å²) in [6.07, 6.45) is 1.81. The normalized spacial score (nSPS) is 23.3. The van der Waals surface area contributed by atoms with Crippen molar-refractivity contribution in [2.45, 2.75) is 18.5 Å². The van der Waals surface area contributed by atoms with E-state index in [-0.39, 0.29) is 10.9 Å². The number of carbonyl (C=O) groups excluding carboxylic acids is 1. The molecule has 1 aliphatic heterocycles. The molecule has 1 aliphatic rings. The largest absolute Gasteiger partial charge is 0.325 e. The van der Waals surface area contributed by atoms with Gasteiger partial charge in [0.1, 0.15) is 16.9 Å². The molecule has 25 heavy (non-hydrogen) atoms. The van der Waals surface area contributed by atoms with Gasteiger partial charge in [-0.1, -0.05) is 0 Å². The molecule has 134 valence electrons. The van der Waals surface area contributed by atoms with Gasteiger partial charge in [0.15, 0.2) is 0 Å². The molecular weight excluding hydrogens is 435 g/mol. The van der Waals surface area contributed by atoms with Crippen molar-refractivity contribution in [1.29, 1.82) is 0 Å². The molecule has 2 aromatic rings. The van der Waals surface area contributed by atoms with Gasteiger partial charge in [0.25, 0.3) is 10.2 Å². The van der Waals surface area contributed by atoms with Crippen LogP contribution in [-0.2, 0) is 15.0 Å². The Hall–Kier alpha value is -1.40. The van der Waals surface area contributed by atoms with Crippen LogP contribution in [0.15, 0.2) is 34.2 Å². The number of nitrogens with zero attached hydrogens (tertiary/aromatic N) is 2. The number of thiazole rings is 1. The Labute approximate surface area is 156 Å². The van der Waals surface area contributed by atoms with E-state index in [0.29, 0.717) is 10.7 Å². The molecule has 7 nitrogen and oxygen atoms in total. The Morgan fingerprint density at radius 3 is 2.92 bits per heavy atom. The fraction of sp³-hybridized carbons (Fsp3) is 0.286. The molecule has 2 heterocycles. The minimum Gasteiger partial charge on any atom is -0.325 e. The van der Waals surface area contributed by atoms with Crippen LogP contribution in [-0.4, -0.2) is 36.7 Å². The van der Waals surface area contributed by atoms with Crippen LogP contribution in [0.25, 0.3) is 0 Å². The van der Waals surface area contributed by atoms with E-state index in [2.05, 4.69) is 31.0 Å². The summed E-state index contributed by atoms with van der Waals surface area (Å²) in [5.74, 6) is -0.948. The number of halogens is 2. The van der Waals surface area contributed by atoms with Crippen molar-refractivity contribution in [1.82, 2.24) is 14.0 Å². The van der Waals surface area contributed by atoms with Crippen LogP contribution in [0.4, 0.5) is 10.1 Å². The van der Waals surface area contributed by atoms with E-state index >= 15 is 0 Å². The maximum absolute atomic E-state index is 13.3. The van der Waals surface area contributed by atoms with Gasteiger partial charge in [0.05, 0.1) is 10.5 Å². The fourth-order valence-electron chi connectivity index (χ4n) is 2.48. The summed E-state index contributed by atoms with van der Waals surface area (Å²) in [6, 6.07) is 2.55. The first-order chi connectivity index (χ1) is 11.8. The number of carbonyl (C=O) groups is 1. The molecule has 0 unspecified atom stereocenters. The zero-order valence-corrected chi connectivity index (χ0v) is 16.2. The average molecular weight is 449 g/mol. The molecule has 1 saturated heterocycles. The third kappa shape index (κ3) is 3.90. The van der Waals surface area contributed by atoms with Gasteiger partial charge in [-0.3, -0.25) is 4.79 Å². The number of hydrogen-bond donors (Lipinski definition) is 2. The van der Waals surface area contributed by atoms with Gasteiger partial charge in [-0.2, -0.15) is 17.4 Å². The predicted octanol–water partition coefficient (Wildman–Crippen LogP) is 2.26. The van der Waals surface area contributed by atoms with Crippen LogP contribution in [0, 0.1) is 5.82 Å². The number of hydrogen-bond acceptors (Lipinski definition) is 5. The molecule has 11 heteroatoms. The number of benzene rings is 1. The lowest BCUT2D eigenvalue weighted by atomic mass is 10.1. The molecule has 2 atom stereocenters. The molecule has 0 bridgehead atoms. The molecule has 0 radical (unpaired) electrons. The number of nitrogens with one attached hydrogen (secondary N) is 2. The predicted molar refractivity (Wildman–Crippen MR) is 95.8 cm³/mol. The van der Waals surface area contributed by atoms with E-state index in [0.717, 1.165) is 4.31 Å². The Bertz CT molecular complexity index is 891. The maximum atomic E-state index is 13.3. The number of amides is 1. The second-order valence-electron chi connectivity index (χ2n) is 5.43. The summed E-state index contributed by atoms with van der Waals surface area (Å²) in [5.41, 5.74) is 0.369. The lowest BCUT2D eigenvalue weighted by Crippen LogP contribution is -2.55. The van der Waals surface area contributed by atoms with Gasteiger partial charge in [-0.25, -0.2) is 9.37 Å². The van der Waals surface area contributed by atoms with Gasteiger partial charge in [-0.05, 0) is 40.5 Å². The first kappa shape index (κ1) is 18.4. The van der Waals surface area contributed by atoms with E-state index in [4.69, 9.17) is 0 Å². The lowest BCUT2D eigenvalue weighted by molar-refractivity contribution is -0.120. The van der Waals surface area contributed by atoms with Crippen LogP contribution >= 0.6 is 27.3 Å². The standard InChI is InChI=1S/C14H14BrFN4O3S2/c1-20-12(13(21)18-8-2-3-10(16)9(15)6-8)7-11(19-25(20,22)23)14-17-4-5-24-14/h2-6,11-12,19H,7H2,1H3,(H,18,21)/t11-,12+/m0/s1. The highest BCUT2D eigenvalue weighted by Crippen LogP contribution is 2.29. The van der Waals surface area contributed by atoms with Crippen molar-refractivity contribution in [2.75, 3.05) is 12.4 Å². The third-order valence-corrected chi connectivity index (χ3v) is 6.90. The van der Waals surface area contributed by atoms with Crippen molar-refractivity contribution in [3.05, 3.63) is 45.1 Å². The quantitative estimate of drug-likeness (QED) is 0.752. The van der Waals surface area contributed by atoms with Gasteiger partial charge in [0, 0.05) is 24.3 Å². The van der Waals surface area contributed by atoms with Crippen LogP contribution < -0.4 is 10.0 Å².